The van der Waals surface area contributed by atoms with Gasteiger partial charge in [0, 0.05) is 26.0 Å². The number of nitrogens with zero attached hydrogens (tertiary/aromatic N) is 2. The van der Waals surface area contributed by atoms with Crippen LogP contribution in [0.1, 0.15) is 11.1 Å². The van der Waals surface area contributed by atoms with Crippen molar-refractivity contribution < 1.29 is 31.1 Å². The summed E-state index contributed by atoms with van der Waals surface area (Å²) in [5.41, 5.74) is -2.28. The second-order valence-corrected chi connectivity index (χ2v) is 8.71. The normalized spacial score (nSPS) is 11.9. The Morgan fingerprint density at radius 2 is 1.39 bits per heavy atom. The van der Waals surface area contributed by atoms with Crippen molar-refractivity contribution in [2.45, 2.75) is 12.4 Å². The molecule has 0 aliphatic rings. The number of anilines is 4. The second kappa shape index (κ2) is 9.79. The molecule has 0 atom stereocenters. The van der Waals surface area contributed by atoms with Crippen molar-refractivity contribution in [2.24, 2.45) is 0 Å². The number of nitrogens with one attached hydrogen (secondary N) is 3. The van der Waals surface area contributed by atoms with Crippen LogP contribution in [0.5, 0.6) is 0 Å². The number of alkyl halides is 6. The van der Waals surface area contributed by atoms with Gasteiger partial charge in [-0.15, -0.1) is 0 Å². The number of urea groups is 1. The molecule has 6 nitrogen and oxygen atoms in total. The summed E-state index contributed by atoms with van der Waals surface area (Å²) in [6.07, 6.45) is -8.67. The number of halogens is 7. The summed E-state index contributed by atoms with van der Waals surface area (Å²) >= 11 is 2.15. The van der Waals surface area contributed by atoms with Crippen LogP contribution in [-0.2, 0) is 12.4 Å². The third-order valence-corrected chi connectivity index (χ3v) is 5.50. The summed E-state index contributed by atoms with van der Waals surface area (Å²) in [5.74, 6) is 0.503. The van der Waals surface area contributed by atoms with Gasteiger partial charge in [-0.1, -0.05) is 6.07 Å². The van der Waals surface area contributed by atoms with Gasteiger partial charge in [-0.05, 0) is 77.2 Å². The number of rotatable bonds is 4. The van der Waals surface area contributed by atoms with E-state index >= 15 is 0 Å². The minimum Gasteiger partial charge on any atom is -0.340 e. The van der Waals surface area contributed by atoms with Gasteiger partial charge in [0.25, 0.3) is 0 Å². The molecule has 3 N–H and O–H groups in total. The zero-order valence-corrected chi connectivity index (χ0v) is 20.0. The van der Waals surface area contributed by atoms with Crippen LogP contribution in [0.2, 0.25) is 0 Å². The SMILES string of the molecule is O=C(Nc1cccc(Nc2ncnc3ccc(I)cc23)c1)Nc1cc(C(F)(F)F)cc(C(F)(F)F)c1. The van der Waals surface area contributed by atoms with Crippen molar-refractivity contribution in [3.8, 4) is 0 Å². The van der Waals surface area contributed by atoms with Crippen molar-refractivity contribution in [1.29, 1.82) is 0 Å². The lowest BCUT2D eigenvalue weighted by Gasteiger charge is -2.15. The van der Waals surface area contributed by atoms with Gasteiger partial charge in [-0.3, -0.25) is 0 Å². The topological polar surface area (TPSA) is 78.9 Å². The molecule has 0 radical (unpaired) electrons. The summed E-state index contributed by atoms with van der Waals surface area (Å²) in [5, 5.41) is 8.28. The average molecular weight is 617 g/mol. The Hall–Kier alpha value is -3.62. The van der Waals surface area contributed by atoms with E-state index in [0.29, 0.717) is 29.2 Å². The molecule has 0 aliphatic heterocycles. The van der Waals surface area contributed by atoms with Crippen molar-refractivity contribution in [3.05, 3.63) is 81.7 Å². The van der Waals surface area contributed by atoms with E-state index in [0.717, 1.165) is 8.96 Å². The van der Waals surface area contributed by atoms with E-state index in [9.17, 15) is 31.1 Å². The molecule has 4 aromatic rings. The Morgan fingerprint density at radius 3 is 2.06 bits per heavy atom. The highest BCUT2D eigenvalue weighted by Crippen LogP contribution is 2.37. The van der Waals surface area contributed by atoms with Crippen LogP contribution in [0.15, 0.2) is 67.0 Å². The highest BCUT2D eigenvalue weighted by Gasteiger charge is 2.37. The van der Waals surface area contributed by atoms with Crippen LogP contribution in [0.4, 0.5) is 54.0 Å². The smallest absolute Gasteiger partial charge is 0.340 e. The van der Waals surface area contributed by atoms with E-state index in [1.165, 1.54) is 18.5 Å². The molecular weight excluding hydrogens is 603 g/mol. The lowest BCUT2D eigenvalue weighted by Crippen LogP contribution is -2.20. The number of hydrogen-bond acceptors (Lipinski definition) is 4. The average Bonchev–Trinajstić information content (AvgIpc) is 2.78. The first-order valence-corrected chi connectivity index (χ1v) is 11.1. The first kappa shape index (κ1) is 25.5. The van der Waals surface area contributed by atoms with Crippen LogP contribution < -0.4 is 16.0 Å². The summed E-state index contributed by atoms with van der Waals surface area (Å²) in [4.78, 5) is 20.8. The maximum Gasteiger partial charge on any atom is 0.416 e. The first-order valence-electron chi connectivity index (χ1n) is 10.0. The standard InChI is InChI=1S/C23H14F6IN5O/c24-22(25,26)12-6-13(23(27,28)29)8-17(7-12)35-21(36)34-16-3-1-2-15(10-16)33-20-18-9-14(30)4-5-19(18)31-11-32-20/h1-11H,(H,31,32,33)(H2,34,35,36). The zero-order chi connectivity index (χ0) is 26.1. The van der Waals surface area contributed by atoms with Crippen LogP contribution in [0.25, 0.3) is 10.9 Å². The van der Waals surface area contributed by atoms with E-state index < -0.39 is 35.2 Å². The zero-order valence-electron chi connectivity index (χ0n) is 17.8. The quantitative estimate of drug-likeness (QED) is 0.162. The van der Waals surface area contributed by atoms with E-state index in [1.54, 1.807) is 12.1 Å². The lowest BCUT2D eigenvalue weighted by atomic mass is 10.1. The van der Waals surface area contributed by atoms with Crippen LogP contribution in [0, 0.1) is 3.57 Å². The number of aromatic nitrogens is 2. The molecule has 36 heavy (non-hydrogen) atoms. The van der Waals surface area contributed by atoms with Gasteiger partial charge >= 0.3 is 18.4 Å². The maximum atomic E-state index is 13.1. The van der Waals surface area contributed by atoms with Gasteiger partial charge in [-0.25, -0.2) is 14.8 Å². The minimum atomic E-state index is -5.03. The molecule has 0 saturated carbocycles. The molecule has 186 valence electrons. The fourth-order valence-corrected chi connectivity index (χ4v) is 3.75. The lowest BCUT2D eigenvalue weighted by molar-refractivity contribution is -0.143. The second-order valence-electron chi connectivity index (χ2n) is 7.46. The van der Waals surface area contributed by atoms with Crippen LogP contribution in [0.3, 0.4) is 0 Å². The van der Waals surface area contributed by atoms with Gasteiger partial charge in [0.15, 0.2) is 0 Å². The van der Waals surface area contributed by atoms with Crippen molar-refractivity contribution in [2.75, 3.05) is 16.0 Å². The van der Waals surface area contributed by atoms with E-state index in [1.807, 2.05) is 23.5 Å². The first-order chi connectivity index (χ1) is 16.9. The number of hydrogen-bond donors (Lipinski definition) is 3. The third-order valence-electron chi connectivity index (χ3n) is 4.83. The Kier molecular flexibility index (Phi) is 6.93. The monoisotopic (exact) mass is 617 g/mol. The molecule has 0 fully saturated rings. The largest absolute Gasteiger partial charge is 0.416 e. The third kappa shape index (κ3) is 6.13. The molecule has 1 aromatic heterocycles. The predicted molar refractivity (Wildman–Crippen MR) is 131 cm³/mol. The van der Waals surface area contributed by atoms with Gasteiger partial charge < -0.3 is 16.0 Å². The fourth-order valence-electron chi connectivity index (χ4n) is 3.26. The van der Waals surface area contributed by atoms with Gasteiger partial charge in [0.05, 0.1) is 16.6 Å². The number of carbonyl (C=O) groups is 1. The molecule has 1 heterocycles. The molecule has 0 bridgehead atoms. The highest BCUT2D eigenvalue weighted by atomic mass is 127. The Labute approximate surface area is 213 Å². The Balaban J connectivity index is 1.53. The van der Waals surface area contributed by atoms with Gasteiger partial charge in [0.1, 0.15) is 12.1 Å². The molecular formula is C23H14F6IN5O. The van der Waals surface area contributed by atoms with E-state index in [-0.39, 0.29) is 11.8 Å². The highest BCUT2D eigenvalue weighted by molar-refractivity contribution is 14.1. The number of amides is 2. The summed E-state index contributed by atoms with van der Waals surface area (Å²) in [6, 6.07) is 11.7. The van der Waals surface area contributed by atoms with E-state index in [4.69, 9.17) is 0 Å². The maximum absolute atomic E-state index is 13.1. The van der Waals surface area contributed by atoms with Gasteiger partial charge in [0.2, 0.25) is 0 Å². The molecule has 2 amide bonds. The summed E-state index contributed by atoms with van der Waals surface area (Å²) in [7, 11) is 0. The van der Waals surface area contributed by atoms with Crippen molar-refractivity contribution in [1.82, 2.24) is 9.97 Å². The molecule has 0 aliphatic carbocycles. The summed E-state index contributed by atoms with van der Waals surface area (Å²) < 4.78 is 79.3. The molecule has 4 rings (SSSR count). The molecule has 0 unspecified atom stereocenters. The van der Waals surface area contributed by atoms with Crippen molar-refractivity contribution >= 4 is 62.4 Å². The van der Waals surface area contributed by atoms with E-state index in [2.05, 4.69) is 43.2 Å². The minimum absolute atomic E-state index is 0.0178. The molecule has 0 spiro atoms. The fraction of sp³-hybridized carbons (Fsp3) is 0.0870. The molecule has 0 saturated heterocycles. The summed E-state index contributed by atoms with van der Waals surface area (Å²) in [6.45, 7) is 0. The van der Waals surface area contributed by atoms with Gasteiger partial charge in [-0.2, -0.15) is 26.3 Å². The number of carbonyl (C=O) groups excluding carboxylic acids is 1. The Morgan fingerprint density at radius 1 is 0.750 bits per heavy atom. The van der Waals surface area contributed by atoms with Crippen LogP contribution >= 0.6 is 22.6 Å². The number of benzene rings is 3. The molecule has 3 aromatic carbocycles. The Bertz CT molecular complexity index is 1410. The van der Waals surface area contributed by atoms with Crippen LogP contribution in [-0.4, -0.2) is 16.0 Å². The molecule has 13 heteroatoms. The predicted octanol–water partition coefficient (Wildman–Crippen LogP) is 7.66. The number of fused-ring (bicyclic) bond motifs is 1. The van der Waals surface area contributed by atoms with Crippen molar-refractivity contribution in [3.63, 3.8) is 0 Å².